The van der Waals surface area contributed by atoms with Crippen molar-refractivity contribution < 1.29 is 37.0 Å². The highest BCUT2D eigenvalue weighted by molar-refractivity contribution is 6.31. The van der Waals surface area contributed by atoms with E-state index in [0.717, 1.165) is 0 Å². The van der Waals surface area contributed by atoms with Gasteiger partial charge in [-0.15, -0.1) is 0 Å². The third kappa shape index (κ3) is 4.96. The second-order valence-electron chi connectivity index (χ2n) is 4.13. The minimum absolute atomic E-state index is 0.0425. The Labute approximate surface area is 132 Å². The number of ether oxygens (including phenoxy) is 1. The molecule has 128 valence electrons. The molecule has 1 aliphatic heterocycles. The monoisotopic (exact) mass is 358 g/mol. The van der Waals surface area contributed by atoms with Crippen molar-refractivity contribution >= 4 is 29.2 Å². The van der Waals surface area contributed by atoms with Crippen LogP contribution in [0.2, 0.25) is 5.02 Å². The quantitative estimate of drug-likeness (QED) is 0.747. The number of nitrogens with zero attached hydrogens (tertiary/aromatic N) is 1. The zero-order valence-electron chi connectivity index (χ0n) is 11.4. The third-order valence-electron chi connectivity index (χ3n) is 2.58. The lowest BCUT2D eigenvalue weighted by atomic mass is 10.2. The standard InChI is InChI=1S/C10H10ClFN2O2.C2HF3O2/c11-6-3-8-9(4-7(6)12)16-2-1-14(8)10(15)5-13;3-2(4,5)1(6)7/h3-4H,1-2,5,13H2;(H,6,7). The van der Waals surface area contributed by atoms with Crippen LogP contribution in [0.15, 0.2) is 12.1 Å². The van der Waals surface area contributed by atoms with E-state index in [-0.39, 0.29) is 17.5 Å². The minimum Gasteiger partial charge on any atom is -0.489 e. The van der Waals surface area contributed by atoms with Gasteiger partial charge in [0.2, 0.25) is 5.91 Å². The van der Waals surface area contributed by atoms with Crippen molar-refractivity contribution in [1.29, 1.82) is 0 Å². The average molecular weight is 359 g/mol. The van der Waals surface area contributed by atoms with E-state index in [2.05, 4.69) is 0 Å². The number of hydrogen-bond donors (Lipinski definition) is 2. The average Bonchev–Trinajstić information content (AvgIpc) is 2.46. The topological polar surface area (TPSA) is 92.9 Å². The van der Waals surface area contributed by atoms with Gasteiger partial charge in [-0.2, -0.15) is 13.2 Å². The number of carboxylic acids is 1. The highest BCUT2D eigenvalue weighted by atomic mass is 35.5. The molecule has 0 aromatic heterocycles. The number of alkyl halides is 3. The van der Waals surface area contributed by atoms with E-state index >= 15 is 0 Å². The lowest BCUT2D eigenvalue weighted by molar-refractivity contribution is -0.192. The van der Waals surface area contributed by atoms with Gasteiger partial charge in [-0.25, -0.2) is 9.18 Å². The van der Waals surface area contributed by atoms with Crippen LogP contribution in [0, 0.1) is 5.82 Å². The molecule has 3 N–H and O–H groups in total. The molecule has 2 rings (SSSR count). The first-order valence-corrected chi connectivity index (χ1v) is 6.38. The number of halogens is 5. The van der Waals surface area contributed by atoms with Gasteiger partial charge in [0.1, 0.15) is 18.2 Å². The van der Waals surface area contributed by atoms with Gasteiger partial charge in [0, 0.05) is 6.07 Å². The van der Waals surface area contributed by atoms with Crippen LogP contribution in [-0.4, -0.2) is 42.9 Å². The summed E-state index contributed by atoms with van der Waals surface area (Å²) in [6, 6.07) is 2.55. The highest BCUT2D eigenvalue weighted by Crippen LogP contribution is 2.35. The zero-order chi connectivity index (χ0) is 17.8. The fraction of sp³-hybridized carbons (Fsp3) is 0.333. The Bertz CT molecular complexity index is 609. The van der Waals surface area contributed by atoms with E-state index in [1.807, 2.05) is 0 Å². The summed E-state index contributed by atoms with van der Waals surface area (Å²) in [5.74, 6) is -3.25. The molecule has 23 heavy (non-hydrogen) atoms. The van der Waals surface area contributed by atoms with Crippen LogP contribution in [0.3, 0.4) is 0 Å². The molecule has 0 saturated carbocycles. The van der Waals surface area contributed by atoms with Crippen LogP contribution in [0.5, 0.6) is 5.75 Å². The fourth-order valence-electron chi connectivity index (χ4n) is 1.58. The number of rotatable bonds is 1. The van der Waals surface area contributed by atoms with Gasteiger partial charge in [0.15, 0.2) is 0 Å². The molecule has 0 saturated heterocycles. The summed E-state index contributed by atoms with van der Waals surface area (Å²) in [5.41, 5.74) is 5.75. The maximum absolute atomic E-state index is 13.2. The number of benzene rings is 1. The van der Waals surface area contributed by atoms with Gasteiger partial charge in [-0.3, -0.25) is 4.79 Å². The summed E-state index contributed by atoms with van der Waals surface area (Å²) in [6.45, 7) is 0.610. The molecule has 1 aromatic carbocycles. The summed E-state index contributed by atoms with van der Waals surface area (Å²) in [6.07, 6.45) is -5.08. The lowest BCUT2D eigenvalue weighted by Crippen LogP contribution is -2.41. The van der Waals surface area contributed by atoms with E-state index in [1.54, 1.807) is 0 Å². The van der Waals surface area contributed by atoms with Crippen molar-refractivity contribution in [3.05, 3.63) is 23.0 Å². The van der Waals surface area contributed by atoms with Crippen LogP contribution >= 0.6 is 11.6 Å². The maximum Gasteiger partial charge on any atom is 0.490 e. The van der Waals surface area contributed by atoms with Gasteiger partial charge in [-0.05, 0) is 6.07 Å². The molecule has 11 heteroatoms. The maximum atomic E-state index is 13.2. The molecule has 1 heterocycles. The largest absolute Gasteiger partial charge is 0.490 e. The number of aliphatic carboxylic acids is 1. The molecule has 0 unspecified atom stereocenters. The van der Waals surface area contributed by atoms with Gasteiger partial charge in [0.05, 0.1) is 23.8 Å². The Morgan fingerprint density at radius 1 is 1.39 bits per heavy atom. The van der Waals surface area contributed by atoms with Crippen molar-refractivity contribution in [3.8, 4) is 5.75 Å². The molecule has 1 aromatic rings. The molecular formula is C12H11ClF4N2O4. The number of hydrogen-bond acceptors (Lipinski definition) is 4. The van der Waals surface area contributed by atoms with E-state index < -0.39 is 18.0 Å². The molecule has 0 fully saturated rings. The summed E-state index contributed by atoms with van der Waals surface area (Å²) in [7, 11) is 0. The summed E-state index contributed by atoms with van der Waals surface area (Å²) in [4.78, 5) is 21.9. The fourth-order valence-corrected chi connectivity index (χ4v) is 1.74. The van der Waals surface area contributed by atoms with E-state index in [0.29, 0.717) is 24.6 Å². The van der Waals surface area contributed by atoms with E-state index in [9.17, 15) is 22.4 Å². The Hall–Kier alpha value is -2.07. The normalized spacial score (nSPS) is 13.4. The summed E-state index contributed by atoms with van der Waals surface area (Å²) in [5, 5.41) is 7.08. The number of amides is 1. The Kier molecular flexibility index (Phi) is 6.16. The zero-order valence-corrected chi connectivity index (χ0v) is 12.1. The minimum atomic E-state index is -5.08. The lowest BCUT2D eigenvalue weighted by Gasteiger charge is -2.29. The number of fused-ring (bicyclic) bond motifs is 1. The molecule has 1 amide bonds. The van der Waals surface area contributed by atoms with Crippen LogP contribution in [0.1, 0.15) is 0 Å². The van der Waals surface area contributed by atoms with Crippen LogP contribution in [-0.2, 0) is 9.59 Å². The molecule has 0 aliphatic carbocycles. The van der Waals surface area contributed by atoms with Gasteiger partial charge >= 0.3 is 12.1 Å². The molecule has 0 atom stereocenters. The summed E-state index contributed by atoms with van der Waals surface area (Å²) < 4.78 is 50.2. The molecule has 0 spiro atoms. The van der Waals surface area contributed by atoms with E-state index in [1.165, 1.54) is 17.0 Å². The number of carbonyl (C=O) groups is 2. The van der Waals surface area contributed by atoms with Gasteiger partial charge < -0.3 is 20.5 Å². The molecule has 0 radical (unpaired) electrons. The van der Waals surface area contributed by atoms with Gasteiger partial charge in [-0.1, -0.05) is 11.6 Å². The number of carboxylic acid groups (broad SMARTS) is 1. The first-order valence-electron chi connectivity index (χ1n) is 6.00. The van der Waals surface area contributed by atoms with Gasteiger partial charge in [0.25, 0.3) is 0 Å². The number of carbonyl (C=O) groups excluding carboxylic acids is 1. The van der Waals surface area contributed by atoms with Crippen molar-refractivity contribution in [2.24, 2.45) is 5.73 Å². The van der Waals surface area contributed by atoms with Crippen LogP contribution in [0.25, 0.3) is 0 Å². The highest BCUT2D eigenvalue weighted by Gasteiger charge is 2.38. The van der Waals surface area contributed by atoms with Crippen molar-refractivity contribution in [2.75, 3.05) is 24.6 Å². The molecule has 6 nitrogen and oxygen atoms in total. The SMILES string of the molecule is NCC(=O)N1CCOc2cc(F)c(Cl)cc21.O=C(O)C(F)(F)F. The first kappa shape index (κ1) is 19.0. The summed E-state index contributed by atoms with van der Waals surface area (Å²) >= 11 is 5.66. The van der Waals surface area contributed by atoms with Crippen molar-refractivity contribution in [3.63, 3.8) is 0 Å². The predicted molar refractivity (Wildman–Crippen MR) is 72.0 cm³/mol. The van der Waals surface area contributed by atoms with Crippen LogP contribution in [0.4, 0.5) is 23.2 Å². The predicted octanol–water partition coefficient (Wildman–Crippen LogP) is 1.80. The van der Waals surface area contributed by atoms with Crippen molar-refractivity contribution in [2.45, 2.75) is 6.18 Å². The molecule has 0 bridgehead atoms. The Balaban J connectivity index is 0.000000322. The third-order valence-corrected chi connectivity index (χ3v) is 2.87. The first-order chi connectivity index (χ1) is 10.6. The molecular weight excluding hydrogens is 348 g/mol. The number of anilines is 1. The second-order valence-corrected chi connectivity index (χ2v) is 4.54. The second kappa shape index (κ2) is 7.47. The Morgan fingerprint density at radius 3 is 2.43 bits per heavy atom. The smallest absolute Gasteiger partial charge is 0.489 e. The molecule has 1 aliphatic rings. The Morgan fingerprint density at radius 2 is 1.96 bits per heavy atom. The van der Waals surface area contributed by atoms with Crippen molar-refractivity contribution in [1.82, 2.24) is 0 Å². The van der Waals surface area contributed by atoms with Crippen LogP contribution < -0.4 is 15.4 Å². The van der Waals surface area contributed by atoms with E-state index in [4.69, 9.17) is 32.0 Å². The number of nitrogens with two attached hydrogens (primary N) is 1.